The van der Waals surface area contributed by atoms with E-state index in [4.69, 9.17) is 4.74 Å². The van der Waals surface area contributed by atoms with E-state index in [9.17, 15) is 9.59 Å². The molecule has 2 aromatic rings. The molecular weight excluding hydrogens is 378 g/mol. The molecule has 1 fully saturated rings. The van der Waals surface area contributed by atoms with Crippen molar-refractivity contribution in [3.05, 3.63) is 59.7 Å². The minimum absolute atomic E-state index is 0.0818. The molecule has 0 unspecified atom stereocenters. The number of urea groups is 1. The summed E-state index contributed by atoms with van der Waals surface area (Å²) < 4.78 is 5.87. The van der Waals surface area contributed by atoms with Crippen molar-refractivity contribution in [2.75, 3.05) is 18.1 Å². The standard InChI is InChI=1S/C24H29N3O3/c1-17(2)25-24(29)26-12-13-30-22-11-8-18(14-20(22)16-26)15-27(23(28)19-9-10-19)21-6-4-3-5-7-21/h3-8,11,14,17,19H,9-10,12-13,15-16H2,1-2H3,(H,25,29). The Morgan fingerprint density at radius 3 is 2.63 bits per heavy atom. The van der Waals surface area contributed by atoms with Crippen molar-refractivity contribution in [2.45, 2.75) is 45.8 Å². The Bertz CT molecular complexity index is 909. The molecule has 0 spiro atoms. The monoisotopic (exact) mass is 407 g/mol. The normalized spacial score (nSPS) is 15.8. The first kappa shape index (κ1) is 20.3. The van der Waals surface area contributed by atoms with Crippen molar-refractivity contribution in [1.29, 1.82) is 0 Å². The molecule has 0 aromatic heterocycles. The third kappa shape index (κ3) is 4.75. The lowest BCUT2D eigenvalue weighted by Crippen LogP contribution is -2.43. The van der Waals surface area contributed by atoms with Crippen LogP contribution in [0.1, 0.15) is 37.8 Å². The first-order chi connectivity index (χ1) is 14.5. The van der Waals surface area contributed by atoms with Gasteiger partial charge in [0.25, 0.3) is 0 Å². The molecule has 0 saturated heterocycles. The maximum absolute atomic E-state index is 12.9. The number of para-hydroxylation sites is 1. The highest BCUT2D eigenvalue weighted by Crippen LogP contribution is 2.34. The molecule has 1 saturated carbocycles. The van der Waals surface area contributed by atoms with E-state index in [1.54, 1.807) is 4.90 Å². The lowest BCUT2D eigenvalue weighted by molar-refractivity contribution is -0.119. The highest BCUT2D eigenvalue weighted by Gasteiger charge is 2.34. The molecule has 1 aliphatic carbocycles. The minimum Gasteiger partial charge on any atom is -0.491 e. The van der Waals surface area contributed by atoms with Crippen LogP contribution in [0.5, 0.6) is 5.75 Å². The second-order valence-corrected chi connectivity index (χ2v) is 8.35. The molecule has 2 aromatic carbocycles. The predicted octanol–water partition coefficient (Wildman–Crippen LogP) is 3.94. The van der Waals surface area contributed by atoms with Gasteiger partial charge in [-0.05, 0) is 56.5 Å². The van der Waals surface area contributed by atoms with Gasteiger partial charge in [0.05, 0.1) is 19.6 Å². The molecular formula is C24H29N3O3. The van der Waals surface area contributed by atoms with E-state index in [-0.39, 0.29) is 23.9 Å². The van der Waals surface area contributed by atoms with Gasteiger partial charge in [0.2, 0.25) is 5.91 Å². The van der Waals surface area contributed by atoms with Crippen LogP contribution in [0.2, 0.25) is 0 Å². The van der Waals surface area contributed by atoms with Crippen molar-refractivity contribution in [1.82, 2.24) is 10.2 Å². The molecule has 6 nitrogen and oxygen atoms in total. The molecule has 0 atom stereocenters. The van der Waals surface area contributed by atoms with Gasteiger partial charge < -0.3 is 19.9 Å². The summed E-state index contributed by atoms with van der Waals surface area (Å²) in [5.41, 5.74) is 2.91. The lowest BCUT2D eigenvalue weighted by Gasteiger charge is -2.24. The number of rotatable bonds is 5. The fourth-order valence-corrected chi connectivity index (χ4v) is 3.70. The number of anilines is 1. The third-order valence-electron chi connectivity index (χ3n) is 5.41. The Labute approximate surface area is 177 Å². The average molecular weight is 408 g/mol. The van der Waals surface area contributed by atoms with Crippen molar-refractivity contribution in [2.24, 2.45) is 5.92 Å². The summed E-state index contributed by atoms with van der Waals surface area (Å²) in [7, 11) is 0. The van der Waals surface area contributed by atoms with Crippen molar-refractivity contribution in [3.8, 4) is 5.75 Å². The van der Waals surface area contributed by atoms with Crippen LogP contribution in [0.3, 0.4) is 0 Å². The fraction of sp³-hybridized carbons (Fsp3) is 0.417. The van der Waals surface area contributed by atoms with Crippen LogP contribution in [0, 0.1) is 5.92 Å². The fourth-order valence-electron chi connectivity index (χ4n) is 3.70. The highest BCUT2D eigenvalue weighted by molar-refractivity contribution is 5.96. The van der Waals surface area contributed by atoms with Gasteiger partial charge in [0.1, 0.15) is 12.4 Å². The van der Waals surface area contributed by atoms with Crippen LogP contribution < -0.4 is 15.0 Å². The van der Waals surface area contributed by atoms with Gasteiger partial charge in [-0.3, -0.25) is 4.79 Å². The summed E-state index contributed by atoms with van der Waals surface area (Å²) in [6, 6.07) is 15.9. The van der Waals surface area contributed by atoms with Crippen LogP contribution in [0.4, 0.5) is 10.5 Å². The second kappa shape index (κ2) is 8.78. The number of nitrogens with one attached hydrogen (secondary N) is 1. The van der Waals surface area contributed by atoms with Crippen LogP contribution in [0.15, 0.2) is 48.5 Å². The van der Waals surface area contributed by atoms with Gasteiger partial charge in [-0.15, -0.1) is 0 Å². The van der Waals surface area contributed by atoms with Crippen molar-refractivity contribution >= 4 is 17.6 Å². The maximum atomic E-state index is 12.9. The average Bonchev–Trinajstić information content (AvgIpc) is 3.58. The van der Waals surface area contributed by atoms with E-state index in [2.05, 4.69) is 11.4 Å². The van der Waals surface area contributed by atoms with Crippen LogP contribution in [-0.2, 0) is 17.9 Å². The summed E-state index contributed by atoms with van der Waals surface area (Å²) in [6.45, 7) is 5.90. The summed E-state index contributed by atoms with van der Waals surface area (Å²) in [6.07, 6.45) is 1.94. The first-order valence-electron chi connectivity index (χ1n) is 10.7. The Kier molecular flexibility index (Phi) is 5.93. The number of nitrogens with zero attached hydrogens (tertiary/aromatic N) is 2. The summed E-state index contributed by atoms with van der Waals surface area (Å²) in [4.78, 5) is 29.1. The molecule has 1 N–H and O–H groups in total. The number of hydrogen-bond donors (Lipinski definition) is 1. The molecule has 6 heteroatoms. The number of hydrogen-bond acceptors (Lipinski definition) is 3. The quantitative estimate of drug-likeness (QED) is 0.817. The van der Waals surface area contributed by atoms with E-state index in [0.717, 1.165) is 35.4 Å². The topological polar surface area (TPSA) is 61.9 Å². The number of ether oxygens (including phenoxy) is 1. The molecule has 1 aliphatic heterocycles. The summed E-state index contributed by atoms with van der Waals surface area (Å²) >= 11 is 0. The largest absolute Gasteiger partial charge is 0.491 e. The van der Waals surface area contributed by atoms with E-state index in [1.165, 1.54) is 0 Å². The Hall–Kier alpha value is -3.02. The zero-order valence-corrected chi connectivity index (χ0v) is 17.6. The van der Waals surface area contributed by atoms with E-state index in [1.807, 2.05) is 61.2 Å². The first-order valence-corrected chi connectivity index (χ1v) is 10.7. The van der Waals surface area contributed by atoms with Gasteiger partial charge in [-0.2, -0.15) is 0 Å². The number of fused-ring (bicyclic) bond motifs is 1. The van der Waals surface area contributed by atoms with E-state index >= 15 is 0 Å². The van der Waals surface area contributed by atoms with Crippen LogP contribution >= 0.6 is 0 Å². The summed E-state index contributed by atoms with van der Waals surface area (Å²) in [5, 5.41) is 2.95. The number of benzene rings is 2. The second-order valence-electron chi connectivity index (χ2n) is 8.35. The molecule has 30 heavy (non-hydrogen) atoms. The van der Waals surface area contributed by atoms with Gasteiger partial charge >= 0.3 is 6.03 Å². The maximum Gasteiger partial charge on any atom is 0.318 e. The molecule has 0 bridgehead atoms. The van der Waals surface area contributed by atoms with Gasteiger partial charge in [-0.25, -0.2) is 4.79 Å². The Morgan fingerprint density at radius 2 is 1.93 bits per heavy atom. The lowest BCUT2D eigenvalue weighted by atomic mass is 10.1. The number of carbonyl (C=O) groups is 2. The van der Waals surface area contributed by atoms with Gasteiger partial charge in [-0.1, -0.05) is 24.3 Å². The molecule has 4 rings (SSSR count). The third-order valence-corrected chi connectivity index (χ3v) is 5.41. The van der Waals surface area contributed by atoms with Crippen LogP contribution in [-0.4, -0.2) is 36.0 Å². The predicted molar refractivity (Wildman–Crippen MR) is 116 cm³/mol. The van der Waals surface area contributed by atoms with Crippen molar-refractivity contribution < 1.29 is 14.3 Å². The van der Waals surface area contributed by atoms with Crippen molar-refractivity contribution in [3.63, 3.8) is 0 Å². The molecule has 3 amide bonds. The Morgan fingerprint density at radius 1 is 1.17 bits per heavy atom. The Balaban J connectivity index is 1.56. The van der Waals surface area contributed by atoms with Gasteiger partial charge in [0, 0.05) is 23.2 Å². The SMILES string of the molecule is CC(C)NC(=O)N1CCOc2ccc(CN(C(=O)C3CC3)c3ccccc3)cc2C1. The molecule has 2 aliphatic rings. The zero-order chi connectivity index (χ0) is 21.1. The minimum atomic E-state index is -0.0818. The highest BCUT2D eigenvalue weighted by atomic mass is 16.5. The van der Waals surface area contributed by atoms with E-state index in [0.29, 0.717) is 26.2 Å². The molecule has 0 radical (unpaired) electrons. The van der Waals surface area contributed by atoms with Gasteiger partial charge in [0.15, 0.2) is 0 Å². The van der Waals surface area contributed by atoms with Crippen LogP contribution in [0.25, 0.3) is 0 Å². The number of amides is 3. The molecule has 158 valence electrons. The number of carbonyl (C=O) groups excluding carboxylic acids is 2. The zero-order valence-electron chi connectivity index (χ0n) is 17.6. The van der Waals surface area contributed by atoms with E-state index < -0.39 is 0 Å². The smallest absolute Gasteiger partial charge is 0.318 e. The summed E-state index contributed by atoms with van der Waals surface area (Å²) in [5.74, 6) is 1.13. The molecule has 1 heterocycles.